The molecule has 2 N–H and O–H groups in total. The maximum absolute atomic E-state index is 13.0. The Kier molecular flexibility index (Phi) is 7.42. The number of anilines is 1. The summed E-state index contributed by atoms with van der Waals surface area (Å²) >= 11 is 0. The number of hydrogen-bond acceptors (Lipinski definition) is 7. The molecule has 35 heavy (non-hydrogen) atoms. The van der Waals surface area contributed by atoms with Crippen molar-refractivity contribution in [3.63, 3.8) is 0 Å². The number of imidazole rings is 1. The topological polar surface area (TPSA) is 120 Å². The first-order chi connectivity index (χ1) is 16.7. The zero-order valence-electron chi connectivity index (χ0n) is 20.6. The van der Waals surface area contributed by atoms with E-state index in [1.807, 2.05) is 13.8 Å². The minimum Gasteiger partial charge on any atom is -0.382 e. The van der Waals surface area contributed by atoms with Gasteiger partial charge in [-0.1, -0.05) is 6.92 Å². The van der Waals surface area contributed by atoms with Gasteiger partial charge in [0, 0.05) is 37.3 Å². The number of amides is 1. The Balaban J connectivity index is 1.49. The number of nitrogen functional groups attached to an aromatic ring is 1. The zero-order chi connectivity index (χ0) is 25.2. The second-order valence-corrected chi connectivity index (χ2v) is 11.0. The van der Waals surface area contributed by atoms with Gasteiger partial charge in [-0.3, -0.25) is 4.79 Å². The number of benzene rings is 1. The van der Waals surface area contributed by atoms with E-state index in [2.05, 4.69) is 16.5 Å². The first kappa shape index (κ1) is 25.1. The van der Waals surface area contributed by atoms with Crippen molar-refractivity contribution in [2.75, 3.05) is 37.8 Å². The van der Waals surface area contributed by atoms with Crippen molar-refractivity contribution >= 4 is 32.6 Å². The van der Waals surface area contributed by atoms with Gasteiger partial charge in [0.15, 0.2) is 15.7 Å². The van der Waals surface area contributed by atoms with Crippen LogP contribution in [0.25, 0.3) is 11.0 Å². The minimum atomic E-state index is -3.50. The number of aryl methyl sites for hydroxylation is 4. The van der Waals surface area contributed by atoms with Crippen LogP contribution in [0.5, 0.6) is 0 Å². The molecule has 0 atom stereocenters. The molecule has 0 unspecified atom stereocenters. The number of pyridine rings is 1. The van der Waals surface area contributed by atoms with Crippen molar-refractivity contribution in [1.82, 2.24) is 19.4 Å². The summed E-state index contributed by atoms with van der Waals surface area (Å²) in [5.41, 5.74) is 10.1. The van der Waals surface area contributed by atoms with Crippen LogP contribution in [0.2, 0.25) is 0 Å². The van der Waals surface area contributed by atoms with Crippen LogP contribution >= 0.6 is 0 Å². The Labute approximate surface area is 206 Å². The van der Waals surface area contributed by atoms with E-state index >= 15 is 0 Å². The summed E-state index contributed by atoms with van der Waals surface area (Å²) in [6.07, 6.45) is 2.13. The fourth-order valence-electron chi connectivity index (χ4n) is 4.49. The molecule has 1 amide bonds. The lowest BCUT2D eigenvalue weighted by Gasteiger charge is -2.26. The predicted molar refractivity (Wildman–Crippen MR) is 135 cm³/mol. The lowest BCUT2D eigenvalue weighted by molar-refractivity contribution is 0.0303. The number of carbonyl (C=O) groups is 1. The lowest BCUT2D eigenvalue weighted by atomic mass is 10.2. The highest BCUT2D eigenvalue weighted by atomic mass is 32.2. The highest BCUT2D eigenvalue weighted by Crippen LogP contribution is 2.27. The Hall–Kier alpha value is -2.98. The van der Waals surface area contributed by atoms with Gasteiger partial charge >= 0.3 is 0 Å². The van der Waals surface area contributed by atoms with E-state index in [0.717, 1.165) is 35.4 Å². The van der Waals surface area contributed by atoms with Gasteiger partial charge in [0.05, 0.1) is 29.4 Å². The van der Waals surface area contributed by atoms with Gasteiger partial charge in [-0.2, -0.15) is 0 Å². The first-order valence-corrected chi connectivity index (χ1v) is 13.7. The van der Waals surface area contributed by atoms with Crippen molar-refractivity contribution in [2.45, 2.75) is 51.5 Å². The third-order valence-electron chi connectivity index (χ3n) is 6.50. The molecule has 0 aliphatic carbocycles. The number of nitrogens with zero attached hydrogens (tertiary/aromatic N) is 4. The van der Waals surface area contributed by atoms with Crippen LogP contribution in [0.3, 0.4) is 0 Å². The van der Waals surface area contributed by atoms with Gasteiger partial charge in [-0.25, -0.2) is 18.4 Å². The number of morpholine rings is 1. The molecule has 10 heteroatoms. The average Bonchev–Trinajstić information content (AvgIpc) is 3.22. The molecule has 1 aliphatic heterocycles. The minimum absolute atomic E-state index is 0.00636. The normalized spacial score (nSPS) is 14.5. The zero-order valence-corrected chi connectivity index (χ0v) is 21.4. The van der Waals surface area contributed by atoms with Crippen LogP contribution in [0, 0.1) is 13.8 Å². The molecule has 0 saturated carbocycles. The maximum atomic E-state index is 13.0. The van der Waals surface area contributed by atoms with Gasteiger partial charge in [0.25, 0.3) is 5.91 Å². The fraction of sp³-hybridized carbons (Fsp3) is 0.480. The largest absolute Gasteiger partial charge is 0.382 e. The molecular weight excluding hydrogens is 466 g/mol. The highest BCUT2D eigenvalue weighted by molar-refractivity contribution is 7.91. The molecule has 2 aromatic heterocycles. The smallest absolute Gasteiger partial charge is 0.254 e. The molecule has 3 aromatic rings. The van der Waals surface area contributed by atoms with Crippen molar-refractivity contribution in [2.24, 2.45) is 0 Å². The van der Waals surface area contributed by atoms with Crippen molar-refractivity contribution < 1.29 is 17.9 Å². The molecule has 0 radical (unpaired) electrons. The lowest BCUT2D eigenvalue weighted by Crippen LogP contribution is -2.40. The standard InChI is InChI=1S/C25H33N5O4S/c1-4-6-21-28-22-23(17(2)18(3)27-24(22)26)30(21)11-5-16-35(32,33)20-9-7-19(8-10-20)25(31)29-12-14-34-15-13-29/h7-10H,4-6,11-16H2,1-3H3,(H2,26,27). The van der Waals surface area contributed by atoms with Crippen LogP contribution in [-0.2, 0) is 27.5 Å². The van der Waals surface area contributed by atoms with E-state index in [1.165, 1.54) is 12.1 Å². The molecule has 0 spiro atoms. The predicted octanol–water partition coefficient (Wildman–Crippen LogP) is 2.92. The fourth-order valence-corrected chi connectivity index (χ4v) is 5.78. The Morgan fingerprint density at radius 3 is 2.46 bits per heavy atom. The Morgan fingerprint density at radius 1 is 1.11 bits per heavy atom. The summed E-state index contributed by atoms with van der Waals surface area (Å²) in [5, 5.41) is 0. The van der Waals surface area contributed by atoms with Crippen LogP contribution in [0.1, 0.15) is 47.2 Å². The molecule has 1 aromatic carbocycles. The third-order valence-corrected chi connectivity index (χ3v) is 8.32. The van der Waals surface area contributed by atoms with Gasteiger partial charge < -0.3 is 19.9 Å². The van der Waals surface area contributed by atoms with Gasteiger partial charge in [-0.15, -0.1) is 0 Å². The van der Waals surface area contributed by atoms with Crippen LogP contribution in [-0.4, -0.2) is 65.8 Å². The molecule has 0 bridgehead atoms. The molecule has 188 valence electrons. The summed E-state index contributed by atoms with van der Waals surface area (Å²) in [4.78, 5) is 23.7. The Bertz CT molecular complexity index is 1330. The van der Waals surface area contributed by atoms with E-state index in [4.69, 9.17) is 15.5 Å². The summed E-state index contributed by atoms with van der Waals surface area (Å²) in [6.45, 7) is 8.64. The molecule has 1 fully saturated rings. The number of aromatic nitrogens is 3. The number of hydrogen-bond donors (Lipinski definition) is 1. The van der Waals surface area contributed by atoms with E-state index in [0.29, 0.717) is 56.2 Å². The number of carbonyl (C=O) groups excluding carboxylic acids is 1. The average molecular weight is 500 g/mol. The van der Waals surface area contributed by atoms with Crippen LogP contribution in [0.15, 0.2) is 29.2 Å². The number of ether oxygens (including phenoxy) is 1. The van der Waals surface area contributed by atoms with Gasteiger partial charge in [0.1, 0.15) is 11.3 Å². The SMILES string of the molecule is CCCc1nc2c(N)nc(C)c(C)c2n1CCCS(=O)(=O)c1ccc(C(=O)N2CCOCC2)cc1. The second-order valence-electron chi connectivity index (χ2n) is 8.94. The number of rotatable bonds is 8. The van der Waals surface area contributed by atoms with Crippen molar-refractivity contribution in [3.05, 3.63) is 46.9 Å². The molecule has 3 heterocycles. The Morgan fingerprint density at radius 2 is 1.80 bits per heavy atom. The summed E-state index contributed by atoms with van der Waals surface area (Å²) in [7, 11) is -3.50. The molecule has 1 aliphatic rings. The van der Waals surface area contributed by atoms with E-state index < -0.39 is 9.84 Å². The van der Waals surface area contributed by atoms with E-state index in [-0.39, 0.29) is 16.6 Å². The van der Waals surface area contributed by atoms with E-state index in [9.17, 15) is 13.2 Å². The molecule has 4 rings (SSSR count). The van der Waals surface area contributed by atoms with E-state index in [1.54, 1.807) is 17.0 Å². The van der Waals surface area contributed by atoms with Crippen LogP contribution in [0.4, 0.5) is 5.82 Å². The quantitative estimate of drug-likeness (QED) is 0.506. The van der Waals surface area contributed by atoms with Crippen molar-refractivity contribution in [3.8, 4) is 0 Å². The van der Waals surface area contributed by atoms with Crippen molar-refractivity contribution in [1.29, 1.82) is 0 Å². The van der Waals surface area contributed by atoms with Gasteiger partial charge in [-0.05, 0) is 56.5 Å². The van der Waals surface area contributed by atoms with Gasteiger partial charge in [0.2, 0.25) is 0 Å². The first-order valence-electron chi connectivity index (χ1n) is 12.0. The molecule has 1 saturated heterocycles. The highest BCUT2D eigenvalue weighted by Gasteiger charge is 2.21. The number of sulfone groups is 1. The summed E-state index contributed by atoms with van der Waals surface area (Å²) in [6, 6.07) is 6.24. The number of fused-ring (bicyclic) bond motifs is 1. The van der Waals surface area contributed by atoms with Crippen LogP contribution < -0.4 is 5.73 Å². The number of nitrogens with two attached hydrogens (primary N) is 1. The second kappa shape index (κ2) is 10.3. The molecular formula is C25H33N5O4S. The summed E-state index contributed by atoms with van der Waals surface area (Å²) < 4.78 is 33.4. The summed E-state index contributed by atoms with van der Waals surface area (Å²) in [5.74, 6) is 1.19. The maximum Gasteiger partial charge on any atom is 0.254 e. The molecule has 9 nitrogen and oxygen atoms in total. The monoisotopic (exact) mass is 499 g/mol. The third kappa shape index (κ3) is 5.18.